The number of hydrogen-bond acceptors (Lipinski definition) is 0. The van der Waals surface area contributed by atoms with Gasteiger partial charge in [-0.3, -0.25) is 0 Å². The Labute approximate surface area is 130 Å². The van der Waals surface area contributed by atoms with E-state index in [2.05, 4.69) is 103 Å². The Morgan fingerprint density at radius 1 is 0.550 bits per heavy atom. The molecule has 0 saturated carbocycles. The predicted molar refractivity (Wildman–Crippen MR) is 90.5 cm³/mol. The molecule has 0 aliphatic carbocycles. The summed E-state index contributed by atoms with van der Waals surface area (Å²) in [5.74, 6) is 0. The Hall–Kier alpha value is -1.31. The minimum atomic E-state index is -0.462. The summed E-state index contributed by atoms with van der Waals surface area (Å²) in [7, 11) is -0.462. The van der Waals surface area contributed by atoms with Gasteiger partial charge in [-0.15, -0.1) is 0 Å². The quantitative estimate of drug-likeness (QED) is 0.505. The average molecular weight is 268 g/mol. The van der Waals surface area contributed by atoms with E-state index < -0.39 is 7.92 Å². The fraction of sp³-hybridized carbons (Fsp3) is 0. The van der Waals surface area contributed by atoms with E-state index >= 15 is 0 Å². The van der Waals surface area contributed by atoms with Crippen molar-refractivity contribution in [3.05, 3.63) is 84.9 Å². The number of rotatable bonds is 3. The Bertz CT molecular complexity index is 641. The van der Waals surface area contributed by atoms with Crippen molar-refractivity contribution in [1.29, 1.82) is 0 Å². The first-order chi connectivity index (χ1) is 9.84. The monoisotopic (exact) mass is 268 g/mol. The molecule has 0 heterocycles. The summed E-state index contributed by atoms with van der Waals surface area (Å²) in [4.78, 5) is 0. The van der Waals surface area contributed by atoms with Crippen LogP contribution in [0.2, 0.25) is 0 Å². The molecule has 0 N–H and O–H groups in total. The van der Waals surface area contributed by atoms with Gasteiger partial charge in [-0.25, -0.2) is 0 Å². The van der Waals surface area contributed by atoms with Crippen LogP contribution in [-0.4, -0.2) is 17.7 Å². The normalized spacial score (nSPS) is 10.8. The van der Waals surface area contributed by atoms with Gasteiger partial charge >= 0.3 is 131 Å². The Balaban J connectivity index is 2.14. The number of benzene rings is 3. The zero-order valence-electron chi connectivity index (χ0n) is 11.5. The zero-order chi connectivity index (χ0) is 13.8. The van der Waals surface area contributed by atoms with Crippen LogP contribution in [0.1, 0.15) is 0 Å². The first kappa shape index (κ1) is 13.7. The third-order valence-electron chi connectivity index (χ3n) is 3.29. The summed E-state index contributed by atoms with van der Waals surface area (Å²) in [5.41, 5.74) is 0. The van der Waals surface area contributed by atoms with Crippen molar-refractivity contribution >= 4 is 45.8 Å². The molecule has 92 valence electrons. The van der Waals surface area contributed by atoms with Gasteiger partial charge in [0.25, 0.3) is 0 Å². The van der Waals surface area contributed by atoms with Crippen LogP contribution < -0.4 is 20.2 Å². The average Bonchev–Trinajstić information content (AvgIpc) is 2.50. The van der Waals surface area contributed by atoms with Crippen LogP contribution in [0, 0.1) is 0 Å². The van der Waals surface area contributed by atoms with Gasteiger partial charge in [-0.05, 0) is 0 Å². The van der Waals surface area contributed by atoms with E-state index in [1.165, 1.54) is 20.2 Å². The van der Waals surface area contributed by atoms with E-state index in [1.54, 1.807) is 0 Å². The standard InChI is InChI=1S/C18H14P.Li/c1-4-10-16(11-5-1)19(17-12-6-2-7-13-17)18-14-8-3-9-15-18;/h1-8,10-15H;. The molecule has 3 aromatic carbocycles. The summed E-state index contributed by atoms with van der Waals surface area (Å²) in [5, 5.41) is 4.22. The summed E-state index contributed by atoms with van der Waals surface area (Å²) in [6.45, 7) is 0. The zero-order valence-corrected chi connectivity index (χ0v) is 12.4. The van der Waals surface area contributed by atoms with Gasteiger partial charge < -0.3 is 0 Å². The van der Waals surface area contributed by atoms with Crippen molar-refractivity contribution < 1.29 is 0 Å². The van der Waals surface area contributed by atoms with E-state index in [9.17, 15) is 0 Å². The van der Waals surface area contributed by atoms with E-state index in [-0.39, 0.29) is 0 Å². The fourth-order valence-electron chi connectivity index (χ4n) is 2.37. The van der Waals surface area contributed by atoms with Crippen molar-refractivity contribution in [1.82, 2.24) is 0 Å². The Kier molecular flexibility index (Phi) is 4.39. The van der Waals surface area contributed by atoms with Crippen LogP contribution in [0.4, 0.5) is 0 Å². The van der Waals surface area contributed by atoms with Crippen LogP contribution in [-0.2, 0) is 0 Å². The van der Waals surface area contributed by atoms with Crippen molar-refractivity contribution in [2.24, 2.45) is 0 Å². The second kappa shape index (κ2) is 6.43. The van der Waals surface area contributed by atoms with Gasteiger partial charge in [0.15, 0.2) is 0 Å². The van der Waals surface area contributed by atoms with Gasteiger partial charge in [0.05, 0.1) is 0 Å². The molecular formula is C18H14LiP. The van der Waals surface area contributed by atoms with Crippen LogP contribution >= 0.6 is 7.92 Å². The van der Waals surface area contributed by atoms with Crippen molar-refractivity contribution in [3.63, 3.8) is 0 Å². The predicted octanol–water partition coefficient (Wildman–Crippen LogP) is 2.24. The molecule has 20 heavy (non-hydrogen) atoms. The Morgan fingerprint density at radius 2 is 1.05 bits per heavy atom. The molecule has 3 rings (SSSR count). The second-order valence-corrected chi connectivity index (χ2v) is 7.07. The molecule has 0 amide bonds. The van der Waals surface area contributed by atoms with Crippen molar-refractivity contribution in [2.75, 3.05) is 0 Å². The summed E-state index contributed by atoms with van der Waals surface area (Å²) in [6, 6.07) is 30.5. The molecule has 0 atom stereocenters. The van der Waals surface area contributed by atoms with E-state index in [0.717, 1.165) is 0 Å². The summed E-state index contributed by atoms with van der Waals surface area (Å²) >= 11 is 2.16. The van der Waals surface area contributed by atoms with E-state index in [4.69, 9.17) is 0 Å². The van der Waals surface area contributed by atoms with Crippen LogP contribution in [0.25, 0.3) is 0 Å². The third kappa shape index (κ3) is 3.05. The third-order valence-corrected chi connectivity index (χ3v) is 5.71. The van der Waals surface area contributed by atoms with Gasteiger partial charge in [-0.2, -0.15) is 0 Å². The molecular weight excluding hydrogens is 254 g/mol. The molecule has 0 aromatic heterocycles. The minimum absolute atomic E-state index is 0.462. The second-order valence-electron chi connectivity index (χ2n) is 4.85. The summed E-state index contributed by atoms with van der Waals surface area (Å²) < 4.78 is 1.32. The van der Waals surface area contributed by atoms with Crippen LogP contribution in [0.15, 0.2) is 84.9 Å². The van der Waals surface area contributed by atoms with Gasteiger partial charge in [0.1, 0.15) is 0 Å². The van der Waals surface area contributed by atoms with Crippen molar-refractivity contribution in [2.45, 2.75) is 0 Å². The molecule has 0 saturated heterocycles. The van der Waals surface area contributed by atoms with Crippen molar-refractivity contribution in [3.8, 4) is 0 Å². The SMILES string of the molecule is [Li][c]1cccc(P(c2ccccc2)c2ccccc2)c1. The maximum absolute atomic E-state index is 2.31. The van der Waals surface area contributed by atoms with E-state index in [1.807, 2.05) is 0 Å². The molecule has 0 spiro atoms. The first-order valence-corrected chi connectivity index (χ1v) is 8.16. The molecule has 0 unspecified atom stereocenters. The molecule has 0 fully saturated rings. The molecule has 0 aliphatic heterocycles. The molecule has 0 bridgehead atoms. The summed E-state index contributed by atoms with van der Waals surface area (Å²) in [6.07, 6.45) is 0. The molecule has 0 radical (unpaired) electrons. The Morgan fingerprint density at radius 3 is 1.55 bits per heavy atom. The topological polar surface area (TPSA) is 0 Å². The van der Waals surface area contributed by atoms with E-state index in [0.29, 0.717) is 0 Å². The molecule has 2 heteroatoms. The van der Waals surface area contributed by atoms with Crippen LogP contribution in [0.3, 0.4) is 0 Å². The molecule has 0 aliphatic rings. The molecule has 3 aromatic rings. The van der Waals surface area contributed by atoms with Crippen LogP contribution in [0.5, 0.6) is 0 Å². The first-order valence-electron chi connectivity index (χ1n) is 6.81. The van der Waals surface area contributed by atoms with Gasteiger partial charge in [0, 0.05) is 0 Å². The van der Waals surface area contributed by atoms with Gasteiger partial charge in [0.2, 0.25) is 0 Å². The molecule has 0 nitrogen and oxygen atoms in total. The maximum atomic E-state index is 2.31. The van der Waals surface area contributed by atoms with Gasteiger partial charge in [-0.1, -0.05) is 0 Å². The fourth-order valence-corrected chi connectivity index (χ4v) is 4.77. The number of hydrogen-bond donors (Lipinski definition) is 0.